The lowest BCUT2D eigenvalue weighted by atomic mass is 10.2. The molecule has 0 aliphatic rings. The summed E-state index contributed by atoms with van der Waals surface area (Å²) in [6.07, 6.45) is 0. The number of anilines is 1. The zero-order valence-electron chi connectivity index (χ0n) is 10.7. The number of nitrogens with one attached hydrogen (secondary N) is 1. The van der Waals surface area contributed by atoms with E-state index in [9.17, 15) is 9.18 Å². The van der Waals surface area contributed by atoms with Gasteiger partial charge in [-0.05, 0) is 32.0 Å². The summed E-state index contributed by atoms with van der Waals surface area (Å²) >= 11 is 0. The van der Waals surface area contributed by atoms with Crippen LogP contribution in [0.15, 0.2) is 22.6 Å². The summed E-state index contributed by atoms with van der Waals surface area (Å²) in [5, 5.41) is 2.53. The molecule has 0 spiro atoms. The molecule has 0 aliphatic heterocycles. The Hall–Kier alpha value is -2.37. The van der Waals surface area contributed by atoms with Crippen LogP contribution in [0.1, 0.15) is 27.7 Å². The van der Waals surface area contributed by atoms with Crippen molar-refractivity contribution in [3.63, 3.8) is 0 Å². The number of rotatable bonds is 3. The zero-order chi connectivity index (χ0) is 14.0. The third kappa shape index (κ3) is 2.90. The molecule has 1 aromatic heterocycles. The fourth-order valence-electron chi connectivity index (χ4n) is 1.58. The molecule has 1 amide bonds. The van der Waals surface area contributed by atoms with Crippen molar-refractivity contribution in [3.05, 3.63) is 46.9 Å². The first-order valence-corrected chi connectivity index (χ1v) is 5.73. The smallest absolute Gasteiger partial charge is 0.254 e. The van der Waals surface area contributed by atoms with Crippen molar-refractivity contribution in [1.82, 2.24) is 10.3 Å². The van der Waals surface area contributed by atoms with Crippen molar-refractivity contribution >= 4 is 11.6 Å². The number of aromatic nitrogens is 1. The highest BCUT2D eigenvalue weighted by molar-refractivity contribution is 5.95. The van der Waals surface area contributed by atoms with E-state index in [1.165, 1.54) is 12.1 Å². The SMILES string of the molecule is Cc1nc(CNC(=O)c2cc(N)ccc2F)oc1C. The van der Waals surface area contributed by atoms with Gasteiger partial charge in [0.05, 0.1) is 17.8 Å². The van der Waals surface area contributed by atoms with Gasteiger partial charge in [-0.1, -0.05) is 0 Å². The molecule has 0 bridgehead atoms. The number of carbonyl (C=O) groups is 1. The first kappa shape index (κ1) is 13.1. The van der Waals surface area contributed by atoms with Crippen LogP contribution in [0.3, 0.4) is 0 Å². The molecule has 2 rings (SSSR count). The average Bonchev–Trinajstić information content (AvgIpc) is 2.69. The van der Waals surface area contributed by atoms with Crippen molar-refractivity contribution in [2.24, 2.45) is 0 Å². The highest BCUT2D eigenvalue weighted by Crippen LogP contribution is 2.12. The molecule has 3 N–H and O–H groups in total. The third-order valence-electron chi connectivity index (χ3n) is 2.71. The third-order valence-corrected chi connectivity index (χ3v) is 2.71. The van der Waals surface area contributed by atoms with Gasteiger partial charge in [-0.2, -0.15) is 0 Å². The highest BCUT2D eigenvalue weighted by Gasteiger charge is 2.13. The van der Waals surface area contributed by atoms with E-state index < -0.39 is 11.7 Å². The quantitative estimate of drug-likeness (QED) is 0.829. The fraction of sp³-hybridized carbons (Fsp3) is 0.231. The predicted molar refractivity (Wildman–Crippen MR) is 68.0 cm³/mol. The molecule has 0 fully saturated rings. The molecule has 1 heterocycles. The number of aryl methyl sites for hydroxylation is 2. The van der Waals surface area contributed by atoms with Crippen LogP contribution >= 0.6 is 0 Å². The second-order valence-electron chi connectivity index (χ2n) is 4.17. The van der Waals surface area contributed by atoms with E-state index >= 15 is 0 Å². The molecule has 0 radical (unpaired) electrons. The molecule has 19 heavy (non-hydrogen) atoms. The lowest BCUT2D eigenvalue weighted by Crippen LogP contribution is -2.24. The van der Waals surface area contributed by atoms with Crippen LogP contribution in [0.2, 0.25) is 0 Å². The Morgan fingerprint density at radius 2 is 2.21 bits per heavy atom. The lowest BCUT2D eigenvalue weighted by Gasteiger charge is -2.05. The minimum absolute atomic E-state index is 0.0972. The summed E-state index contributed by atoms with van der Waals surface area (Å²) in [5.74, 6) is -0.100. The number of oxazole rings is 1. The van der Waals surface area contributed by atoms with E-state index in [1.807, 2.05) is 6.92 Å². The number of hydrogen-bond donors (Lipinski definition) is 2. The Morgan fingerprint density at radius 1 is 1.47 bits per heavy atom. The van der Waals surface area contributed by atoms with Gasteiger partial charge in [-0.15, -0.1) is 0 Å². The van der Waals surface area contributed by atoms with E-state index in [2.05, 4.69) is 10.3 Å². The number of nitrogens with two attached hydrogens (primary N) is 1. The van der Waals surface area contributed by atoms with Crippen LogP contribution in [-0.4, -0.2) is 10.9 Å². The lowest BCUT2D eigenvalue weighted by molar-refractivity contribution is 0.0943. The van der Waals surface area contributed by atoms with Crippen LogP contribution in [0.5, 0.6) is 0 Å². The number of amides is 1. The van der Waals surface area contributed by atoms with Crippen LogP contribution in [0.4, 0.5) is 10.1 Å². The van der Waals surface area contributed by atoms with Gasteiger partial charge in [0.2, 0.25) is 5.89 Å². The molecule has 0 unspecified atom stereocenters. The normalized spacial score (nSPS) is 10.5. The maximum absolute atomic E-state index is 13.5. The summed E-state index contributed by atoms with van der Waals surface area (Å²) < 4.78 is 18.8. The van der Waals surface area contributed by atoms with E-state index in [0.717, 1.165) is 11.8 Å². The predicted octanol–water partition coefficient (Wildman–Crippen LogP) is 1.94. The molecule has 0 atom stereocenters. The first-order chi connectivity index (χ1) is 8.97. The Kier molecular flexibility index (Phi) is 3.50. The molecule has 0 saturated heterocycles. The van der Waals surface area contributed by atoms with E-state index in [4.69, 9.17) is 10.2 Å². The van der Waals surface area contributed by atoms with Gasteiger partial charge in [-0.25, -0.2) is 9.37 Å². The molecule has 6 heteroatoms. The zero-order valence-corrected chi connectivity index (χ0v) is 10.7. The molecule has 5 nitrogen and oxygen atoms in total. The van der Waals surface area contributed by atoms with Crippen molar-refractivity contribution in [3.8, 4) is 0 Å². The largest absolute Gasteiger partial charge is 0.444 e. The molecular weight excluding hydrogens is 249 g/mol. The maximum Gasteiger partial charge on any atom is 0.254 e. The van der Waals surface area contributed by atoms with Crippen LogP contribution in [0.25, 0.3) is 0 Å². The van der Waals surface area contributed by atoms with E-state index in [-0.39, 0.29) is 12.1 Å². The van der Waals surface area contributed by atoms with Crippen molar-refractivity contribution in [2.45, 2.75) is 20.4 Å². The second kappa shape index (κ2) is 5.09. The fourth-order valence-corrected chi connectivity index (χ4v) is 1.58. The van der Waals surface area contributed by atoms with Gasteiger partial charge in [0.15, 0.2) is 0 Å². The Balaban J connectivity index is 2.07. The maximum atomic E-state index is 13.5. The van der Waals surface area contributed by atoms with Gasteiger partial charge < -0.3 is 15.5 Å². The molecule has 1 aromatic carbocycles. The molecule has 0 saturated carbocycles. The molecule has 0 aliphatic carbocycles. The molecule has 2 aromatic rings. The van der Waals surface area contributed by atoms with Gasteiger partial charge in [0.25, 0.3) is 5.91 Å². The summed E-state index contributed by atoms with van der Waals surface area (Å²) in [5.41, 5.74) is 6.51. The Morgan fingerprint density at radius 3 is 2.84 bits per heavy atom. The minimum Gasteiger partial charge on any atom is -0.444 e. The van der Waals surface area contributed by atoms with Gasteiger partial charge in [0.1, 0.15) is 11.6 Å². The van der Waals surface area contributed by atoms with Crippen molar-refractivity contribution in [1.29, 1.82) is 0 Å². The van der Waals surface area contributed by atoms with Gasteiger partial charge in [0, 0.05) is 5.69 Å². The average molecular weight is 263 g/mol. The number of hydrogen-bond acceptors (Lipinski definition) is 4. The summed E-state index contributed by atoms with van der Waals surface area (Å²) in [6.45, 7) is 3.69. The number of halogens is 1. The molecule has 100 valence electrons. The Labute approximate surface area is 109 Å². The summed E-state index contributed by atoms with van der Waals surface area (Å²) in [4.78, 5) is 15.9. The van der Waals surface area contributed by atoms with Crippen molar-refractivity contribution in [2.75, 3.05) is 5.73 Å². The van der Waals surface area contributed by atoms with E-state index in [0.29, 0.717) is 17.3 Å². The monoisotopic (exact) mass is 263 g/mol. The minimum atomic E-state index is -0.619. The first-order valence-electron chi connectivity index (χ1n) is 5.73. The number of nitrogen functional groups attached to an aromatic ring is 1. The Bertz CT molecular complexity index is 603. The van der Waals surface area contributed by atoms with Gasteiger partial charge in [-0.3, -0.25) is 4.79 Å². The van der Waals surface area contributed by atoms with Crippen LogP contribution in [0, 0.1) is 19.7 Å². The van der Waals surface area contributed by atoms with Crippen LogP contribution < -0.4 is 11.1 Å². The summed E-state index contributed by atoms with van der Waals surface area (Å²) in [6, 6.07) is 3.84. The van der Waals surface area contributed by atoms with Crippen LogP contribution in [-0.2, 0) is 6.54 Å². The highest BCUT2D eigenvalue weighted by atomic mass is 19.1. The molecular formula is C13H14FN3O2. The standard InChI is InChI=1S/C13H14FN3O2/c1-7-8(2)19-12(17-7)6-16-13(18)10-5-9(15)3-4-11(10)14/h3-5H,6,15H2,1-2H3,(H,16,18). The second-order valence-corrected chi connectivity index (χ2v) is 4.17. The summed E-state index contributed by atoms with van der Waals surface area (Å²) in [7, 11) is 0. The van der Waals surface area contributed by atoms with Crippen molar-refractivity contribution < 1.29 is 13.6 Å². The van der Waals surface area contributed by atoms with E-state index in [1.54, 1.807) is 6.92 Å². The topological polar surface area (TPSA) is 81.2 Å². The van der Waals surface area contributed by atoms with Gasteiger partial charge >= 0.3 is 0 Å². The number of benzene rings is 1. The number of nitrogens with zero attached hydrogens (tertiary/aromatic N) is 1. The number of carbonyl (C=O) groups excluding carboxylic acids is 1.